The molecule has 0 aliphatic carbocycles. The fourth-order valence-electron chi connectivity index (χ4n) is 2.61. The summed E-state index contributed by atoms with van der Waals surface area (Å²) in [7, 11) is 1.63. The molecule has 8 nitrogen and oxygen atoms in total. The Bertz CT molecular complexity index is 579. The lowest BCUT2D eigenvalue weighted by molar-refractivity contribution is -0.135. The van der Waals surface area contributed by atoms with Crippen molar-refractivity contribution in [2.24, 2.45) is 0 Å². The molecule has 25 heavy (non-hydrogen) atoms. The average molecular weight is 350 g/mol. The van der Waals surface area contributed by atoms with Crippen LogP contribution in [0.25, 0.3) is 0 Å². The summed E-state index contributed by atoms with van der Waals surface area (Å²) in [5.41, 5.74) is 0.544. The molecule has 3 amide bonds. The van der Waals surface area contributed by atoms with Crippen molar-refractivity contribution < 1.29 is 18.8 Å². The van der Waals surface area contributed by atoms with Gasteiger partial charge in [0.15, 0.2) is 0 Å². The number of furan rings is 1. The number of likely N-dealkylation sites (N-methyl/N-ethyl adjacent to an activating group) is 1. The molecule has 138 valence electrons. The van der Waals surface area contributed by atoms with Gasteiger partial charge in [-0.2, -0.15) is 0 Å². The molecule has 0 aromatic carbocycles. The Balaban J connectivity index is 1.73. The SMILES string of the molecule is CCCNC(=O)CN(C)C(=O)CN1CCN(C(=O)c2ccoc2)CC1. The third kappa shape index (κ3) is 5.60. The van der Waals surface area contributed by atoms with Crippen molar-refractivity contribution >= 4 is 17.7 Å². The van der Waals surface area contributed by atoms with E-state index in [9.17, 15) is 14.4 Å². The summed E-state index contributed by atoms with van der Waals surface area (Å²) >= 11 is 0. The first-order chi connectivity index (χ1) is 12.0. The van der Waals surface area contributed by atoms with E-state index in [1.54, 1.807) is 18.0 Å². The second-order valence-corrected chi connectivity index (χ2v) is 6.18. The third-order valence-corrected chi connectivity index (χ3v) is 4.17. The van der Waals surface area contributed by atoms with Crippen LogP contribution in [-0.4, -0.2) is 85.3 Å². The van der Waals surface area contributed by atoms with Gasteiger partial charge in [-0.15, -0.1) is 0 Å². The highest BCUT2D eigenvalue weighted by atomic mass is 16.3. The Kier molecular flexibility index (Phi) is 7.00. The van der Waals surface area contributed by atoms with E-state index in [0.717, 1.165) is 6.42 Å². The molecule has 0 saturated carbocycles. The molecule has 1 aromatic rings. The van der Waals surface area contributed by atoms with Crippen molar-refractivity contribution in [3.8, 4) is 0 Å². The molecule has 1 aliphatic heterocycles. The molecular weight excluding hydrogens is 324 g/mol. The highest BCUT2D eigenvalue weighted by Gasteiger charge is 2.24. The number of carbonyl (C=O) groups excluding carboxylic acids is 3. The monoisotopic (exact) mass is 350 g/mol. The van der Waals surface area contributed by atoms with E-state index in [0.29, 0.717) is 38.3 Å². The zero-order chi connectivity index (χ0) is 18.2. The van der Waals surface area contributed by atoms with E-state index in [1.165, 1.54) is 17.4 Å². The van der Waals surface area contributed by atoms with E-state index < -0.39 is 0 Å². The van der Waals surface area contributed by atoms with Crippen molar-refractivity contribution in [2.45, 2.75) is 13.3 Å². The van der Waals surface area contributed by atoms with Gasteiger partial charge in [-0.05, 0) is 12.5 Å². The van der Waals surface area contributed by atoms with E-state index in [2.05, 4.69) is 5.32 Å². The van der Waals surface area contributed by atoms with Gasteiger partial charge < -0.3 is 19.5 Å². The summed E-state index contributed by atoms with van der Waals surface area (Å²) in [6.07, 6.45) is 3.79. The molecule has 0 radical (unpaired) electrons. The lowest BCUT2D eigenvalue weighted by Crippen LogP contribution is -2.51. The Morgan fingerprint density at radius 2 is 1.96 bits per heavy atom. The van der Waals surface area contributed by atoms with E-state index in [4.69, 9.17) is 4.42 Å². The molecule has 1 fully saturated rings. The van der Waals surface area contributed by atoms with Gasteiger partial charge in [-0.3, -0.25) is 19.3 Å². The molecule has 0 bridgehead atoms. The van der Waals surface area contributed by atoms with Gasteiger partial charge in [-0.25, -0.2) is 0 Å². The number of rotatable bonds is 7. The summed E-state index contributed by atoms with van der Waals surface area (Å²) in [4.78, 5) is 41.3. The predicted octanol–water partition coefficient (Wildman–Crippen LogP) is 0.0220. The summed E-state index contributed by atoms with van der Waals surface area (Å²) in [6, 6.07) is 1.65. The van der Waals surface area contributed by atoms with Gasteiger partial charge in [0.25, 0.3) is 5.91 Å². The Morgan fingerprint density at radius 3 is 2.56 bits per heavy atom. The first kappa shape index (κ1) is 19.0. The van der Waals surface area contributed by atoms with Crippen LogP contribution in [0.5, 0.6) is 0 Å². The Morgan fingerprint density at radius 1 is 1.24 bits per heavy atom. The molecule has 1 aliphatic rings. The van der Waals surface area contributed by atoms with Gasteiger partial charge >= 0.3 is 0 Å². The van der Waals surface area contributed by atoms with E-state index >= 15 is 0 Å². The predicted molar refractivity (Wildman–Crippen MR) is 92.0 cm³/mol. The number of nitrogens with one attached hydrogen (secondary N) is 1. The largest absolute Gasteiger partial charge is 0.472 e. The molecular formula is C17H26N4O4. The Hall–Kier alpha value is -2.35. The molecule has 8 heteroatoms. The van der Waals surface area contributed by atoms with Crippen LogP contribution in [0, 0.1) is 0 Å². The van der Waals surface area contributed by atoms with Crippen LogP contribution >= 0.6 is 0 Å². The second-order valence-electron chi connectivity index (χ2n) is 6.18. The highest BCUT2D eigenvalue weighted by Crippen LogP contribution is 2.09. The lowest BCUT2D eigenvalue weighted by atomic mass is 10.2. The molecule has 1 saturated heterocycles. The maximum atomic E-state index is 12.2. The van der Waals surface area contributed by atoms with E-state index in [-0.39, 0.29) is 30.8 Å². The maximum absolute atomic E-state index is 12.2. The first-order valence-corrected chi connectivity index (χ1v) is 8.55. The molecule has 0 spiro atoms. The van der Waals surface area contributed by atoms with Crippen molar-refractivity contribution in [3.05, 3.63) is 24.2 Å². The van der Waals surface area contributed by atoms with Crippen LogP contribution in [0.3, 0.4) is 0 Å². The summed E-state index contributed by atoms with van der Waals surface area (Å²) in [6.45, 7) is 5.31. The van der Waals surface area contributed by atoms with Crippen LogP contribution in [0.4, 0.5) is 0 Å². The van der Waals surface area contributed by atoms with Gasteiger partial charge in [0, 0.05) is 39.8 Å². The minimum Gasteiger partial charge on any atom is -0.472 e. The number of nitrogens with zero attached hydrogens (tertiary/aromatic N) is 3. The molecule has 1 N–H and O–H groups in total. The second kappa shape index (κ2) is 9.22. The van der Waals surface area contributed by atoms with Crippen molar-refractivity contribution in [3.63, 3.8) is 0 Å². The highest BCUT2D eigenvalue weighted by molar-refractivity contribution is 5.93. The van der Waals surface area contributed by atoms with Gasteiger partial charge in [-0.1, -0.05) is 6.92 Å². The number of amides is 3. The summed E-state index contributed by atoms with van der Waals surface area (Å²) < 4.78 is 4.94. The normalized spacial score (nSPS) is 15.0. The van der Waals surface area contributed by atoms with Crippen LogP contribution in [0.2, 0.25) is 0 Å². The molecule has 2 heterocycles. The van der Waals surface area contributed by atoms with Crippen LogP contribution in [0.15, 0.2) is 23.0 Å². The number of piperazine rings is 1. The number of carbonyl (C=O) groups is 3. The lowest BCUT2D eigenvalue weighted by Gasteiger charge is -2.34. The smallest absolute Gasteiger partial charge is 0.257 e. The third-order valence-electron chi connectivity index (χ3n) is 4.17. The van der Waals surface area contributed by atoms with Crippen molar-refractivity contribution in [2.75, 3.05) is 52.9 Å². The molecule has 1 aromatic heterocycles. The van der Waals surface area contributed by atoms with Crippen LogP contribution in [0.1, 0.15) is 23.7 Å². The number of hydrogen-bond donors (Lipinski definition) is 1. The van der Waals surface area contributed by atoms with Crippen LogP contribution in [-0.2, 0) is 9.59 Å². The fourth-order valence-corrected chi connectivity index (χ4v) is 2.61. The first-order valence-electron chi connectivity index (χ1n) is 8.55. The zero-order valence-electron chi connectivity index (χ0n) is 14.9. The quantitative estimate of drug-likeness (QED) is 0.749. The molecule has 2 rings (SSSR count). The summed E-state index contributed by atoms with van der Waals surface area (Å²) in [5.74, 6) is -0.293. The van der Waals surface area contributed by atoms with Crippen molar-refractivity contribution in [1.29, 1.82) is 0 Å². The van der Waals surface area contributed by atoms with E-state index in [1.807, 2.05) is 11.8 Å². The van der Waals surface area contributed by atoms with Gasteiger partial charge in [0.2, 0.25) is 11.8 Å². The minimum absolute atomic E-state index is 0.0514. The van der Waals surface area contributed by atoms with Gasteiger partial charge in [0.1, 0.15) is 6.26 Å². The fraction of sp³-hybridized carbons (Fsp3) is 0.588. The average Bonchev–Trinajstić information content (AvgIpc) is 3.14. The summed E-state index contributed by atoms with van der Waals surface area (Å²) in [5, 5.41) is 2.76. The molecule has 0 unspecified atom stereocenters. The van der Waals surface area contributed by atoms with Crippen LogP contribution < -0.4 is 5.32 Å². The number of hydrogen-bond acceptors (Lipinski definition) is 5. The zero-order valence-corrected chi connectivity index (χ0v) is 14.9. The molecule has 0 atom stereocenters. The topological polar surface area (TPSA) is 86.1 Å². The van der Waals surface area contributed by atoms with Gasteiger partial charge in [0.05, 0.1) is 24.9 Å². The minimum atomic E-state index is -0.145. The maximum Gasteiger partial charge on any atom is 0.257 e. The Labute approximate surface area is 147 Å². The van der Waals surface area contributed by atoms with Crippen molar-refractivity contribution in [1.82, 2.24) is 20.0 Å². The standard InChI is InChI=1S/C17H26N4O4/c1-3-5-18-15(22)11-19(2)16(23)12-20-6-8-21(9-7-20)17(24)14-4-10-25-13-14/h4,10,13H,3,5-9,11-12H2,1-2H3,(H,18,22).